The van der Waals surface area contributed by atoms with Gasteiger partial charge in [-0.3, -0.25) is 0 Å². The Morgan fingerprint density at radius 1 is 1.20 bits per heavy atom. The van der Waals surface area contributed by atoms with Gasteiger partial charge in [-0.05, 0) is 30.0 Å². The molecule has 0 saturated heterocycles. The summed E-state index contributed by atoms with van der Waals surface area (Å²) in [5.74, 6) is 0.630. The normalized spacial score (nSPS) is 13.7. The van der Waals surface area contributed by atoms with E-state index in [1.165, 1.54) is 0 Å². The van der Waals surface area contributed by atoms with Crippen LogP contribution in [0.5, 0.6) is 0 Å². The second kappa shape index (κ2) is 8.01. The van der Waals surface area contributed by atoms with Crippen LogP contribution in [0.25, 0.3) is 0 Å². The summed E-state index contributed by atoms with van der Waals surface area (Å²) in [4.78, 5) is 0. The smallest absolute Gasteiger partial charge is 0.150 e. The molecule has 0 heterocycles. The van der Waals surface area contributed by atoms with Crippen LogP contribution >= 0.6 is 11.6 Å². The van der Waals surface area contributed by atoms with Gasteiger partial charge in [-0.2, -0.15) is 0 Å². The summed E-state index contributed by atoms with van der Waals surface area (Å²) in [7, 11) is -2.92. The maximum Gasteiger partial charge on any atom is 0.150 e. The highest BCUT2D eigenvalue weighted by Gasteiger charge is 2.16. The lowest BCUT2D eigenvalue weighted by Gasteiger charge is -2.20. The summed E-state index contributed by atoms with van der Waals surface area (Å²) in [6.07, 6.45) is 0.636. The predicted octanol–water partition coefficient (Wildman–Crippen LogP) is 3.25. The Kier molecular flexibility index (Phi) is 7.00. The molecule has 0 spiro atoms. The lowest BCUT2D eigenvalue weighted by molar-refractivity contribution is 0.517. The number of nitrogens with one attached hydrogen (secondary N) is 1. The lowest BCUT2D eigenvalue weighted by atomic mass is 9.96. The molecule has 5 heteroatoms. The molecule has 1 aromatic rings. The van der Waals surface area contributed by atoms with Crippen molar-refractivity contribution in [1.82, 2.24) is 5.32 Å². The van der Waals surface area contributed by atoms with E-state index < -0.39 is 9.84 Å². The number of halogens is 1. The zero-order chi connectivity index (χ0) is 15.2. The van der Waals surface area contributed by atoms with Crippen LogP contribution in [0.4, 0.5) is 0 Å². The van der Waals surface area contributed by atoms with Gasteiger partial charge in [0, 0.05) is 23.4 Å². The fourth-order valence-electron chi connectivity index (χ4n) is 1.97. The molecule has 0 aliphatic carbocycles. The summed E-state index contributed by atoms with van der Waals surface area (Å²) in [6, 6.07) is 8.05. The van der Waals surface area contributed by atoms with Crippen LogP contribution in [0.1, 0.15) is 38.7 Å². The summed E-state index contributed by atoms with van der Waals surface area (Å²) in [6.45, 7) is 6.64. The van der Waals surface area contributed by atoms with Crippen LogP contribution < -0.4 is 5.32 Å². The van der Waals surface area contributed by atoms with Gasteiger partial charge in [0.1, 0.15) is 9.84 Å². The Morgan fingerprint density at radius 3 is 2.30 bits per heavy atom. The zero-order valence-electron chi connectivity index (χ0n) is 12.4. The third-order valence-corrected chi connectivity index (χ3v) is 5.32. The lowest BCUT2D eigenvalue weighted by Crippen LogP contribution is -2.29. The van der Waals surface area contributed by atoms with E-state index in [0.717, 1.165) is 12.1 Å². The predicted molar refractivity (Wildman–Crippen MR) is 86.3 cm³/mol. The van der Waals surface area contributed by atoms with E-state index in [-0.39, 0.29) is 17.4 Å². The maximum absolute atomic E-state index is 11.7. The first-order valence-electron chi connectivity index (χ1n) is 7.03. The van der Waals surface area contributed by atoms with Crippen molar-refractivity contribution in [2.75, 3.05) is 18.1 Å². The monoisotopic (exact) mass is 317 g/mol. The van der Waals surface area contributed by atoms with E-state index >= 15 is 0 Å². The van der Waals surface area contributed by atoms with Gasteiger partial charge in [-0.25, -0.2) is 8.42 Å². The summed E-state index contributed by atoms with van der Waals surface area (Å²) < 4.78 is 23.4. The first-order valence-corrected chi connectivity index (χ1v) is 9.23. The summed E-state index contributed by atoms with van der Waals surface area (Å²) in [5, 5.41) is 4.08. The average molecular weight is 318 g/mol. The summed E-state index contributed by atoms with van der Waals surface area (Å²) >= 11 is 5.90. The molecule has 20 heavy (non-hydrogen) atoms. The van der Waals surface area contributed by atoms with Gasteiger partial charge in [0.05, 0.1) is 5.75 Å². The van der Waals surface area contributed by atoms with Crippen LogP contribution in [0.3, 0.4) is 0 Å². The van der Waals surface area contributed by atoms with E-state index in [2.05, 4.69) is 19.2 Å². The van der Waals surface area contributed by atoms with Crippen molar-refractivity contribution in [3.8, 4) is 0 Å². The van der Waals surface area contributed by atoms with Gasteiger partial charge < -0.3 is 5.32 Å². The molecule has 3 nitrogen and oxygen atoms in total. The molecule has 0 aromatic heterocycles. The van der Waals surface area contributed by atoms with Gasteiger partial charge in [-0.1, -0.05) is 44.5 Å². The van der Waals surface area contributed by atoms with Crippen LogP contribution in [-0.4, -0.2) is 32.5 Å². The van der Waals surface area contributed by atoms with Gasteiger partial charge in [0.2, 0.25) is 0 Å². The van der Waals surface area contributed by atoms with Crippen LogP contribution in [-0.2, 0) is 9.84 Å². The number of hydrogen-bond acceptors (Lipinski definition) is 3. The van der Waals surface area contributed by atoms with Crippen LogP contribution in [0.2, 0.25) is 5.02 Å². The minimum Gasteiger partial charge on any atom is -0.314 e. The second-order valence-electron chi connectivity index (χ2n) is 5.34. The van der Waals surface area contributed by atoms with E-state index in [4.69, 9.17) is 11.6 Å². The van der Waals surface area contributed by atoms with E-state index in [1.807, 2.05) is 24.3 Å². The van der Waals surface area contributed by atoms with Crippen molar-refractivity contribution in [3.05, 3.63) is 34.9 Å². The van der Waals surface area contributed by atoms with Crippen molar-refractivity contribution < 1.29 is 8.42 Å². The van der Waals surface area contributed by atoms with Crippen molar-refractivity contribution in [3.63, 3.8) is 0 Å². The summed E-state index contributed by atoms with van der Waals surface area (Å²) in [5.41, 5.74) is 1.13. The van der Waals surface area contributed by atoms with Gasteiger partial charge in [0.25, 0.3) is 0 Å². The molecule has 1 unspecified atom stereocenters. The van der Waals surface area contributed by atoms with E-state index in [0.29, 0.717) is 17.5 Å². The molecule has 0 radical (unpaired) electrons. The molecular weight excluding hydrogens is 294 g/mol. The van der Waals surface area contributed by atoms with Crippen molar-refractivity contribution >= 4 is 21.4 Å². The third kappa shape index (κ3) is 6.25. The molecular formula is C15H24ClNO2S. The Balaban J connectivity index is 2.77. The molecule has 1 N–H and O–H groups in total. The van der Waals surface area contributed by atoms with Crippen LogP contribution in [0.15, 0.2) is 24.3 Å². The molecule has 0 fully saturated rings. The zero-order valence-corrected chi connectivity index (χ0v) is 14.0. The molecule has 0 aliphatic heterocycles. The fraction of sp³-hybridized carbons (Fsp3) is 0.600. The molecule has 0 amide bonds. The Labute approximate surface area is 127 Å². The first kappa shape index (κ1) is 17.5. The minimum atomic E-state index is -2.92. The highest BCUT2D eigenvalue weighted by atomic mass is 35.5. The van der Waals surface area contributed by atoms with Gasteiger partial charge >= 0.3 is 0 Å². The second-order valence-corrected chi connectivity index (χ2v) is 8.25. The number of hydrogen-bond donors (Lipinski definition) is 1. The molecule has 1 aromatic carbocycles. The standard InChI is InChI=1S/C15H24ClNO2S/c1-4-20(18,19)10-9-14(11-17-12(2)3)13-5-7-15(16)8-6-13/h5-8,12,14,17H,4,9-11H2,1-3H3. The highest BCUT2D eigenvalue weighted by molar-refractivity contribution is 7.91. The molecule has 0 bridgehead atoms. The fourth-order valence-corrected chi connectivity index (χ4v) is 3.02. The molecule has 1 rings (SSSR count). The van der Waals surface area contributed by atoms with Crippen molar-refractivity contribution in [1.29, 1.82) is 0 Å². The molecule has 0 aliphatic rings. The maximum atomic E-state index is 11.7. The third-order valence-electron chi connectivity index (χ3n) is 3.33. The molecule has 0 saturated carbocycles. The average Bonchev–Trinajstić information content (AvgIpc) is 2.40. The Morgan fingerprint density at radius 2 is 1.80 bits per heavy atom. The molecule has 1 atom stereocenters. The highest BCUT2D eigenvalue weighted by Crippen LogP contribution is 2.22. The number of sulfone groups is 1. The topological polar surface area (TPSA) is 46.2 Å². The molecule has 114 valence electrons. The Bertz CT molecular complexity index is 497. The van der Waals surface area contributed by atoms with Crippen molar-refractivity contribution in [2.24, 2.45) is 0 Å². The first-order chi connectivity index (χ1) is 9.34. The SMILES string of the molecule is CCS(=O)(=O)CCC(CNC(C)C)c1ccc(Cl)cc1. The number of benzene rings is 1. The van der Waals surface area contributed by atoms with Gasteiger partial charge in [0.15, 0.2) is 0 Å². The van der Waals surface area contributed by atoms with E-state index in [9.17, 15) is 8.42 Å². The Hall–Kier alpha value is -0.580. The largest absolute Gasteiger partial charge is 0.314 e. The quantitative estimate of drug-likeness (QED) is 0.800. The van der Waals surface area contributed by atoms with Gasteiger partial charge in [-0.15, -0.1) is 0 Å². The van der Waals surface area contributed by atoms with E-state index in [1.54, 1.807) is 6.92 Å². The minimum absolute atomic E-state index is 0.191. The van der Waals surface area contributed by atoms with Crippen molar-refractivity contribution in [2.45, 2.75) is 39.2 Å². The number of rotatable bonds is 8. The van der Waals surface area contributed by atoms with Crippen LogP contribution in [0, 0.1) is 0 Å².